The van der Waals surface area contributed by atoms with Gasteiger partial charge in [-0.15, -0.1) is 0 Å². The molecule has 2 rings (SSSR count). The molecular weight excluding hydrogens is 304 g/mol. The fourth-order valence-corrected chi connectivity index (χ4v) is 2.68. The van der Waals surface area contributed by atoms with Crippen LogP contribution >= 0.6 is 0 Å². The van der Waals surface area contributed by atoms with Gasteiger partial charge in [-0.25, -0.2) is 9.00 Å². The predicted octanol–water partition coefficient (Wildman–Crippen LogP) is 2.32. The Morgan fingerprint density at radius 3 is 2.41 bits per heavy atom. The average Bonchev–Trinajstić information content (AvgIpc) is 2.46. The molecule has 1 aliphatic rings. The molecule has 1 atom stereocenters. The molecule has 0 aliphatic carbocycles. The highest BCUT2D eigenvalue weighted by molar-refractivity contribution is 7.79. The van der Waals surface area contributed by atoms with Crippen molar-refractivity contribution in [2.24, 2.45) is 0 Å². The molecule has 1 heterocycles. The van der Waals surface area contributed by atoms with E-state index < -0.39 is 16.7 Å². The van der Waals surface area contributed by atoms with Crippen molar-refractivity contribution >= 4 is 22.9 Å². The van der Waals surface area contributed by atoms with E-state index in [-0.39, 0.29) is 6.09 Å². The van der Waals surface area contributed by atoms with Crippen LogP contribution in [0.1, 0.15) is 20.8 Å². The maximum atomic E-state index is 12.0. The zero-order chi connectivity index (χ0) is 16.3. The topological polar surface area (TPSA) is 70.1 Å². The van der Waals surface area contributed by atoms with Crippen LogP contribution in [0.3, 0.4) is 0 Å². The number of nitrogens with zero attached hydrogens (tertiary/aromatic N) is 2. The van der Waals surface area contributed by atoms with E-state index in [1.165, 1.54) is 0 Å². The summed E-state index contributed by atoms with van der Waals surface area (Å²) in [7, 11) is 0. The molecule has 1 aromatic rings. The summed E-state index contributed by atoms with van der Waals surface area (Å²) in [5.74, 6) is 0. The highest BCUT2D eigenvalue weighted by Gasteiger charge is 2.26. The molecule has 1 unspecified atom stereocenters. The molecule has 0 bridgehead atoms. The molecule has 1 saturated heterocycles. The highest BCUT2D eigenvalue weighted by atomic mass is 32.2. The van der Waals surface area contributed by atoms with E-state index in [2.05, 4.69) is 4.90 Å². The van der Waals surface area contributed by atoms with Gasteiger partial charge in [-0.1, -0.05) is 6.07 Å². The van der Waals surface area contributed by atoms with Crippen LogP contribution in [-0.2, 0) is 15.8 Å². The maximum absolute atomic E-state index is 12.0. The predicted molar refractivity (Wildman–Crippen MR) is 85.5 cm³/mol. The molecule has 122 valence electrons. The van der Waals surface area contributed by atoms with Crippen LogP contribution in [0.15, 0.2) is 29.2 Å². The summed E-state index contributed by atoms with van der Waals surface area (Å²) < 4.78 is 25.7. The van der Waals surface area contributed by atoms with Gasteiger partial charge in [0.25, 0.3) is 0 Å². The van der Waals surface area contributed by atoms with Crippen LogP contribution in [0.2, 0.25) is 0 Å². The van der Waals surface area contributed by atoms with Crippen LogP contribution in [-0.4, -0.2) is 51.5 Å². The Labute approximate surface area is 133 Å². The van der Waals surface area contributed by atoms with Crippen molar-refractivity contribution in [1.29, 1.82) is 0 Å². The lowest BCUT2D eigenvalue weighted by molar-refractivity contribution is 0.0240. The number of piperazine rings is 1. The van der Waals surface area contributed by atoms with Crippen LogP contribution in [0.25, 0.3) is 0 Å². The summed E-state index contributed by atoms with van der Waals surface area (Å²) in [6, 6.07) is 6.99. The number of hydrogen-bond acceptors (Lipinski definition) is 4. The molecule has 7 heteroatoms. The third kappa shape index (κ3) is 4.45. The molecule has 0 saturated carbocycles. The quantitative estimate of drug-likeness (QED) is 0.845. The number of carbonyl (C=O) groups is 1. The van der Waals surface area contributed by atoms with Gasteiger partial charge in [0.2, 0.25) is 0 Å². The summed E-state index contributed by atoms with van der Waals surface area (Å²) >= 11 is -1.98. The van der Waals surface area contributed by atoms with Crippen molar-refractivity contribution < 1.29 is 18.3 Å². The van der Waals surface area contributed by atoms with Gasteiger partial charge in [0.05, 0.1) is 4.90 Å². The molecule has 1 aromatic carbocycles. The molecule has 0 radical (unpaired) electrons. The largest absolute Gasteiger partial charge is 0.444 e. The van der Waals surface area contributed by atoms with Gasteiger partial charge in [0, 0.05) is 31.9 Å². The maximum Gasteiger partial charge on any atom is 0.410 e. The Balaban J connectivity index is 1.96. The molecule has 6 nitrogen and oxygen atoms in total. The summed E-state index contributed by atoms with van der Waals surface area (Å²) in [5.41, 5.74) is 0.400. The normalized spacial score (nSPS) is 17.3. The van der Waals surface area contributed by atoms with Crippen molar-refractivity contribution in [3.05, 3.63) is 24.3 Å². The number of anilines is 1. The van der Waals surface area contributed by atoms with Crippen molar-refractivity contribution in [2.75, 3.05) is 31.1 Å². The van der Waals surface area contributed by atoms with Crippen molar-refractivity contribution in [3.63, 3.8) is 0 Å². The first kappa shape index (κ1) is 16.8. The summed E-state index contributed by atoms with van der Waals surface area (Å²) in [5, 5.41) is 0. The minimum absolute atomic E-state index is 0.294. The third-order valence-electron chi connectivity index (χ3n) is 3.32. The zero-order valence-corrected chi connectivity index (χ0v) is 13.9. The second-order valence-electron chi connectivity index (χ2n) is 6.20. The highest BCUT2D eigenvalue weighted by Crippen LogP contribution is 2.20. The van der Waals surface area contributed by atoms with Crippen molar-refractivity contribution in [1.82, 2.24) is 4.90 Å². The Morgan fingerprint density at radius 1 is 1.23 bits per heavy atom. The summed E-state index contributed by atoms with van der Waals surface area (Å²) in [6.07, 6.45) is -0.294. The van der Waals surface area contributed by atoms with E-state index in [1.54, 1.807) is 23.1 Å². The van der Waals surface area contributed by atoms with Gasteiger partial charge in [-0.3, -0.25) is 0 Å². The minimum Gasteiger partial charge on any atom is -0.444 e. The zero-order valence-electron chi connectivity index (χ0n) is 13.1. The van der Waals surface area contributed by atoms with E-state index in [9.17, 15) is 9.00 Å². The number of carbonyl (C=O) groups excluding carboxylic acids is 1. The minimum atomic E-state index is -1.98. The second-order valence-corrected chi connectivity index (χ2v) is 7.17. The van der Waals surface area contributed by atoms with Crippen molar-refractivity contribution in [3.8, 4) is 0 Å². The van der Waals surface area contributed by atoms with Crippen LogP contribution < -0.4 is 4.90 Å². The first-order valence-corrected chi connectivity index (χ1v) is 8.31. The van der Waals surface area contributed by atoms with Gasteiger partial charge in [-0.05, 0) is 39.0 Å². The summed E-state index contributed by atoms with van der Waals surface area (Å²) in [6.45, 7) is 8.02. The van der Waals surface area contributed by atoms with Gasteiger partial charge < -0.3 is 19.1 Å². The number of amides is 1. The lowest BCUT2D eigenvalue weighted by Gasteiger charge is -2.36. The monoisotopic (exact) mass is 326 g/mol. The molecule has 1 aliphatic heterocycles. The SMILES string of the molecule is CC(C)(C)OC(=O)N1CCN(c2cccc(S(=O)O)c2)CC1. The van der Waals surface area contributed by atoms with E-state index in [0.29, 0.717) is 31.1 Å². The first-order chi connectivity index (χ1) is 10.3. The number of benzene rings is 1. The average molecular weight is 326 g/mol. The molecule has 1 fully saturated rings. The standard InChI is InChI=1S/C15H22N2O4S/c1-15(2,3)21-14(18)17-9-7-16(8-10-17)12-5-4-6-13(11-12)22(19)20/h4-6,11H,7-10H2,1-3H3,(H,19,20). The fraction of sp³-hybridized carbons (Fsp3) is 0.533. The Hall–Kier alpha value is -1.60. The summed E-state index contributed by atoms with van der Waals surface area (Å²) in [4.78, 5) is 16.2. The number of rotatable bonds is 2. The Bertz CT molecular complexity index is 563. The molecule has 1 amide bonds. The fourth-order valence-electron chi connectivity index (χ4n) is 2.26. The van der Waals surface area contributed by atoms with E-state index in [0.717, 1.165) is 5.69 Å². The smallest absolute Gasteiger partial charge is 0.410 e. The molecular formula is C15H22N2O4S. The number of hydrogen-bond donors (Lipinski definition) is 1. The van der Waals surface area contributed by atoms with Crippen LogP contribution in [0, 0.1) is 0 Å². The number of ether oxygens (including phenoxy) is 1. The van der Waals surface area contributed by atoms with Gasteiger partial charge >= 0.3 is 6.09 Å². The molecule has 0 spiro atoms. The van der Waals surface area contributed by atoms with Crippen LogP contribution in [0.4, 0.5) is 10.5 Å². The third-order valence-corrected chi connectivity index (χ3v) is 3.97. The molecule has 0 aromatic heterocycles. The van der Waals surface area contributed by atoms with Crippen molar-refractivity contribution in [2.45, 2.75) is 31.3 Å². The lowest BCUT2D eigenvalue weighted by atomic mass is 10.2. The second kappa shape index (κ2) is 6.66. The van der Waals surface area contributed by atoms with E-state index in [4.69, 9.17) is 9.29 Å². The first-order valence-electron chi connectivity index (χ1n) is 7.20. The molecule has 22 heavy (non-hydrogen) atoms. The van der Waals surface area contributed by atoms with Gasteiger partial charge in [-0.2, -0.15) is 0 Å². The Kier molecular flexibility index (Phi) is 5.08. The van der Waals surface area contributed by atoms with Gasteiger partial charge in [0.15, 0.2) is 11.1 Å². The lowest BCUT2D eigenvalue weighted by Crippen LogP contribution is -2.50. The van der Waals surface area contributed by atoms with Gasteiger partial charge in [0.1, 0.15) is 5.60 Å². The van der Waals surface area contributed by atoms with Crippen LogP contribution in [0.5, 0.6) is 0 Å². The molecule has 1 N–H and O–H groups in total. The van der Waals surface area contributed by atoms with E-state index >= 15 is 0 Å². The Morgan fingerprint density at radius 2 is 1.86 bits per heavy atom. The van der Waals surface area contributed by atoms with E-state index in [1.807, 2.05) is 26.8 Å².